The highest BCUT2D eigenvalue weighted by Crippen LogP contribution is 2.18. The predicted molar refractivity (Wildman–Crippen MR) is 112 cm³/mol. The lowest BCUT2D eigenvalue weighted by Gasteiger charge is -2.09. The number of hydrogen-bond donors (Lipinski definition) is 2. The molecular formula is C22H24N4O2. The van der Waals surface area contributed by atoms with Crippen molar-refractivity contribution >= 4 is 12.2 Å². The third-order valence-corrected chi connectivity index (χ3v) is 4.07. The summed E-state index contributed by atoms with van der Waals surface area (Å²) >= 11 is 0. The maximum absolute atomic E-state index is 11.7. The maximum atomic E-state index is 11.7. The highest BCUT2D eigenvalue weighted by molar-refractivity contribution is 5.83. The predicted octanol–water partition coefficient (Wildman–Crippen LogP) is 4.06. The zero-order valence-electron chi connectivity index (χ0n) is 16.1. The first-order valence-corrected chi connectivity index (χ1v) is 9.30. The number of rotatable bonds is 8. The second kappa shape index (κ2) is 9.50. The highest BCUT2D eigenvalue weighted by Gasteiger charge is 2.03. The van der Waals surface area contributed by atoms with Crippen LogP contribution in [-0.2, 0) is 13.0 Å². The molecule has 6 nitrogen and oxygen atoms in total. The van der Waals surface area contributed by atoms with Gasteiger partial charge in [0.05, 0.1) is 6.21 Å². The van der Waals surface area contributed by atoms with Gasteiger partial charge in [0.25, 0.3) is 5.56 Å². The summed E-state index contributed by atoms with van der Waals surface area (Å²) < 4.78 is 5.96. The normalized spacial score (nSPS) is 10.9. The van der Waals surface area contributed by atoms with Crippen molar-refractivity contribution in [3.05, 3.63) is 87.3 Å². The number of anilines is 1. The Bertz CT molecular complexity index is 1010. The van der Waals surface area contributed by atoms with Crippen LogP contribution < -0.4 is 15.7 Å². The van der Waals surface area contributed by atoms with E-state index < -0.39 is 0 Å². The molecule has 0 atom stereocenters. The molecule has 0 bridgehead atoms. The molecule has 0 aliphatic heterocycles. The van der Waals surface area contributed by atoms with Gasteiger partial charge in [-0.2, -0.15) is 5.10 Å². The van der Waals surface area contributed by atoms with Crippen LogP contribution in [0.1, 0.15) is 35.7 Å². The molecule has 2 N–H and O–H groups in total. The minimum Gasteiger partial charge on any atom is -0.488 e. The molecule has 0 saturated carbocycles. The summed E-state index contributed by atoms with van der Waals surface area (Å²) in [6.45, 7) is 4.58. The number of aromatic amines is 1. The molecule has 0 saturated heterocycles. The second-order valence-corrected chi connectivity index (χ2v) is 6.52. The summed E-state index contributed by atoms with van der Waals surface area (Å²) in [5.74, 6) is 1.06. The molecule has 0 radical (unpaired) electrons. The van der Waals surface area contributed by atoms with Gasteiger partial charge in [0.2, 0.25) is 5.95 Å². The van der Waals surface area contributed by atoms with Crippen LogP contribution in [0.4, 0.5) is 5.95 Å². The first-order chi connectivity index (χ1) is 13.6. The molecule has 0 spiro atoms. The van der Waals surface area contributed by atoms with Crippen molar-refractivity contribution in [2.45, 2.75) is 33.3 Å². The van der Waals surface area contributed by atoms with E-state index in [1.54, 1.807) is 6.21 Å². The standard InChI is InChI=1S/C22H24N4O2/c1-3-7-19-13-21(27)25-22(24-19)26-23-14-18-10-4-5-11-20(18)28-15-17-9-6-8-16(2)12-17/h4-6,8-14H,3,7,15H2,1-2H3,(H2,24,25,26,27)/b23-14+. The van der Waals surface area contributed by atoms with E-state index in [4.69, 9.17) is 4.74 Å². The van der Waals surface area contributed by atoms with E-state index in [1.807, 2.05) is 43.3 Å². The Labute approximate surface area is 164 Å². The SMILES string of the molecule is CCCc1cc(=O)[nH]c(N/N=C/c2ccccc2OCc2cccc(C)c2)n1. The summed E-state index contributed by atoms with van der Waals surface area (Å²) in [5.41, 5.74) is 6.47. The molecular weight excluding hydrogens is 352 g/mol. The van der Waals surface area contributed by atoms with E-state index in [1.165, 1.54) is 11.6 Å². The third-order valence-electron chi connectivity index (χ3n) is 4.07. The number of aromatic nitrogens is 2. The second-order valence-electron chi connectivity index (χ2n) is 6.52. The van der Waals surface area contributed by atoms with Crippen LogP contribution in [0.5, 0.6) is 5.75 Å². The summed E-state index contributed by atoms with van der Waals surface area (Å²) in [6.07, 6.45) is 3.32. The fraction of sp³-hybridized carbons (Fsp3) is 0.227. The summed E-state index contributed by atoms with van der Waals surface area (Å²) in [5, 5.41) is 4.20. The molecule has 2 aromatic carbocycles. The number of hydrogen-bond acceptors (Lipinski definition) is 5. The number of hydrazone groups is 1. The maximum Gasteiger partial charge on any atom is 0.252 e. The van der Waals surface area contributed by atoms with E-state index in [9.17, 15) is 4.79 Å². The molecule has 3 rings (SSSR count). The van der Waals surface area contributed by atoms with Gasteiger partial charge in [-0.3, -0.25) is 9.78 Å². The number of benzene rings is 2. The molecule has 0 aliphatic carbocycles. The smallest absolute Gasteiger partial charge is 0.252 e. The van der Waals surface area contributed by atoms with Crippen LogP contribution in [0.15, 0.2) is 64.5 Å². The number of nitrogens with zero attached hydrogens (tertiary/aromatic N) is 2. The van der Waals surface area contributed by atoms with Crippen LogP contribution in [0.3, 0.4) is 0 Å². The van der Waals surface area contributed by atoms with Crippen LogP contribution in [-0.4, -0.2) is 16.2 Å². The quantitative estimate of drug-likeness (QED) is 0.459. The summed E-state index contributed by atoms with van der Waals surface area (Å²) in [6, 6.07) is 17.4. The van der Waals surface area contributed by atoms with Crippen LogP contribution in [0.25, 0.3) is 0 Å². The fourth-order valence-electron chi connectivity index (χ4n) is 2.79. The lowest BCUT2D eigenvalue weighted by atomic mass is 10.1. The summed E-state index contributed by atoms with van der Waals surface area (Å²) in [7, 11) is 0. The largest absolute Gasteiger partial charge is 0.488 e. The lowest BCUT2D eigenvalue weighted by Crippen LogP contribution is -2.12. The van der Waals surface area contributed by atoms with Gasteiger partial charge in [0.15, 0.2) is 0 Å². The van der Waals surface area contributed by atoms with Gasteiger partial charge < -0.3 is 4.74 Å². The number of aryl methyl sites for hydroxylation is 2. The highest BCUT2D eigenvalue weighted by atomic mass is 16.5. The molecule has 6 heteroatoms. The zero-order valence-corrected chi connectivity index (χ0v) is 16.1. The topological polar surface area (TPSA) is 79.4 Å². The van der Waals surface area contributed by atoms with E-state index in [-0.39, 0.29) is 5.56 Å². The number of ether oxygens (including phenoxy) is 1. The Morgan fingerprint density at radius 1 is 1.18 bits per heavy atom. The molecule has 3 aromatic rings. The van der Waals surface area contributed by atoms with Gasteiger partial charge in [0, 0.05) is 17.3 Å². The van der Waals surface area contributed by atoms with E-state index >= 15 is 0 Å². The van der Waals surface area contributed by atoms with Gasteiger partial charge in [-0.1, -0.05) is 55.3 Å². The van der Waals surface area contributed by atoms with E-state index in [0.29, 0.717) is 12.6 Å². The number of H-pyrrole nitrogens is 1. The molecule has 1 aromatic heterocycles. The molecule has 0 aliphatic rings. The Hall–Kier alpha value is -3.41. The molecule has 0 amide bonds. The zero-order chi connectivity index (χ0) is 19.8. The number of nitrogens with one attached hydrogen (secondary N) is 2. The average molecular weight is 376 g/mol. The molecule has 28 heavy (non-hydrogen) atoms. The molecule has 0 fully saturated rings. The van der Waals surface area contributed by atoms with Crippen molar-refractivity contribution in [2.75, 3.05) is 5.43 Å². The Morgan fingerprint density at radius 3 is 2.86 bits per heavy atom. The summed E-state index contributed by atoms with van der Waals surface area (Å²) in [4.78, 5) is 18.7. The minimum absolute atomic E-state index is 0.196. The van der Waals surface area contributed by atoms with Crippen molar-refractivity contribution in [2.24, 2.45) is 5.10 Å². The van der Waals surface area contributed by atoms with Crippen LogP contribution in [0.2, 0.25) is 0 Å². The van der Waals surface area contributed by atoms with Gasteiger partial charge in [-0.05, 0) is 31.0 Å². The van der Waals surface area contributed by atoms with Crippen LogP contribution in [0, 0.1) is 6.92 Å². The van der Waals surface area contributed by atoms with Crippen molar-refractivity contribution in [3.8, 4) is 5.75 Å². The molecule has 0 unspecified atom stereocenters. The van der Waals surface area contributed by atoms with Crippen LogP contribution >= 0.6 is 0 Å². The van der Waals surface area contributed by atoms with Crippen molar-refractivity contribution in [1.82, 2.24) is 9.97 Å². The van der Waals surface area contributed by atoms with Gasteiger partial charge >= 0.3 is 0 Å². The average Bonchev–Trinajstić information content (AvgIpc) is 2.67. The Morgan fingerprint density at radius 2 is 2.04 bits per heavy atom. The van der Waals surface area contributed by atoms with Crippen molar-refractivity contribution < 1.29 is 4.74 Å². The first kappa shape index (κ1) is 19.4. The Balaban J connectivity index is 1.68. The minimum atomic E-state index is -0.196. The van der Waals surface area contributed by atoms with E-state index in [0.717, 1.165) is 35.4 Å². The van der Waals surface area contributed by atoms with E-state index in [2.05, 4.69) is 39.6 Å². The van der Waals surface area contributed by atoms with Gasteiger partial charge in [-0.25, -0.2) is 10.4 Å². The van der Waals surface area contributed by atoms with Gasteiger partial charge in [0.1, 0.15) is 12.4 Å². The fourth-order valence-corrected chi connectivity index (χ4v) is 2.79. The third kappa shape index (κ3) is 5.54. The monoisotopic (exact) mass is 376 g/mol. The number of para-hydroxylation sites is 1. The Kier molecular flexibility index (Phi) is 6.57. The molecule has 144 valence electrons. The lowest BCUT2D eigenvalue weighted by molar-refractivity contribution is 0.305. The molecule has 1 heterocycles. The van der Waals surface area contributed by atoms with Crippen molar-refractivity contribution in [3.63, 3.8) is 0 Å². The van der Waals surface area contributed by atoms with Crippen molar-refractivity contribution in [1.29, 1.82) is 0 Å². The van der Waals surface area contributed by atoms with Gasteiger partial charge in [-0.15, -0.1) is 0 Å². The first-order valence-electron chi connectivity index (χ1n) is 9.30.